The minimum absolute atomic E-state index is 0.0342. The van der Waals surface area contributed by atoms with E-state index in [4.69, 9.17) is 10.5 Å². The maximum atomic E-state index is 12.2. The number of carbonyl (C=O) groups is 1. The number of ether oxygens (including phenoxy) is 1. The number of hydrogen-bond acceptors (Lipinski definition) is 3. The first kappa shape index (κ1) is 13.1. The molecule has 2 N–H and O–H groups in total. The highest BCUT2D eigenvalue weighted by Gasteiger charge is 2.24. The van der Waals surface area contributed by atoms with Crippen molar-refractivity contribution in [3.05, 3.63) is 35.9 Å². The molecule has 98 valence electrons. The molecule has 4 nitrogen and oxygen atoms in total. The van der Waals surface area contributed by atoms with Crippen LogP contribution in [0.1, 0.15) is 18.0 Å². The van der Waals surface area contributed by atoms with E-state index in [1.807, 2.05) is 37.4 Å². The first-order valence-electron chi connectivity index (χ1n) is 6.31. The van der Waals surface area contributed by atoms with Crippen LogP contribution < -0.4 is 5.73 Å². The van der Waals surface area contributed by atoms with E-state index in [9.17, 15) is 4.79 Å². The molecule has 2 atom stereocenters. The van der Waals surface area contributed by atoms with E-state index in [1.165, 1.54) is 0 Å². The Labute approximate surface area is 108 Å². The average molecular weight is 248 g/mol. The first-order chi connectivity index (χ1) is 8.68. The highest BCUT2D eigenvalue weighted by atomic mass is 16.5. The monoisotopic (exact) mass is 248 g/mol. The van der Waals surface area contributed by atoms with E-state index < -0.39 is 6.04 Å². The largest absolute Gasteiger partial charge is 0.381 e. The van der Waals surface area contributed by atoms with Gasteiger partial charge < -0.3 is 15.4 Å². The zero-order valence-electron chi connectivity index (χ0n) is 10.7. The van der Waals surface area contributed by atoms with Gasteiger partial charge in [0.1, 0.15) is 6.04 Å². The molecule has 0 radical (unpaired) electrons. The Kier molecular flexibility index (Phi) is 4.33. The predicted molar refractivity (Wildman–Crippen MR) is 69.9 cm³/mol. The third-order valence-electron chi connectivity index (χ3n) is 3.36. The molecule has 1 amide bonds. The fourth-order valence-electron chi connectivity index (χ4n) is 2.24. The van der Waals surface area contributed by atoms with Crippen LogP contribution >= 0.6 is 0 Å². The number of likely N-dealkylation sites (N-methyl/N-ethyl adjacent to an activating group) is 1. The summed E-state index contributed by atoms with van der Waals surface area (Å²) in [5.74, 6) is 0.412. The minimum atomic E-state index is -0.571. The van der Waals surface area contributed by atoms with Gasteiger partial charge >= 0.3 is 0 Å². The third kappa shape index (κ3) is 3.09. The summed E-state index contributed by atoms with van der Waals surface area (Å²) in [5.41, 5.74) is 6.85. The van der Waals surface area contributed by atoms with Crippen LogP contribution in [0.4, 0.5) is 0 Å². The van der Waals surface area contributed by atoms with Crippen molar-refractivity contribution in [2.24, 2.45) is 11.7 Å². The van der Waals surface area contributed by atoms with Gasteiger partial charge in [0.15, 0.2) is 0 Å². The number of amides is 1. The molecule has 1 aromatic rings. The number of carbonyl (C=O) groups excluding carboxylic acids is 1. The quantitative estimate of drug-likeness (QED) is 0.870. The number of hydrogen-bond donors (Lipinski definition) is 1. The van der Waals surface area contributed by atoms with Gasteiger partial charge in [-0.3, -0.25) is 4.79 Å². The van der Waals surface area contributed by atoms with E-state index in [0.29, 0.717) is 5.92 Å². The molecule has 0 aliphatic carbocycles. The minimum Gasteiger partial charge on any atom is -0.381 e. The standard InChI is InChI=1S/C14H20N2O2/c1-16(9-11-7-8-18-10-11)14(17)13(15)12-5-3-2-4-6-12/h2-6,11,13H,7-10,15H2,1H3/t11-,13+/m0/s1. The fourth-order valence-corrected chi connectivity index (χ4v) is 2.24. The highest BCUT2D eigenvalue weighted by Crippen LogP contribution is 2.16. The van der Waals surface area contributed by atoms with Gasteiger partial charge in [0.25, 0.3) is 0 Å². The van der Waals surface area contributed by atoms with Crippen molar-refractivity contribution < 1.29 is 9.53 Å². The molecule has 0 saturated carbocycles. The van der Waals surface area contributed by atoms with E-state index in [2.05, 4.69) is 0 Å². The van der Waals surface area contributed by atoms with Crippen molar-refractivity contribution in [2.45, 2.75) is 12.5 Å². The molecule has 0 spiro atoms. The van der Waals surface area contributed by atoms with Crippen molar-refractivity contribution in [3.8, 4) is 0 Å². The lowest BCUT2D eigenvalue weighted by Crippen LogP contribution is -2.38. The molecule has 0 bridgehead atoms. The SMILES string of the molecule is CN(C[C@@H]1CCOC1)C(=O)[C@H](N)c1ccccc1. The molecule has 4 heteroatoms. The second-order valence-corrected chi connectivity index (χ2v) is 4.84. The molecule has 2 rings (SSSR count). The summed E-state index contributed by atoms with van der Waals surface area (Å²) in [6.07, 6.45) is 1.03. The van der Waals surface area contributed by atoms with Crippen LogP contribution in [0.5, 0.6) is 0 Å². The van der Waals surface area contributed by atoms with Crippen LogP contribution in [0.15, 0.2) is 30.3 Å². The predicted octanol–water partition coefficient (Wildman–Crippen LogP) is 1.18. The fraction of sp³-hybridized carbons (Fsp3) is 0.500. The van der Waals surface area contributed by atoms with Gasteiger partial charge in [-0.1, -0.05) is 30.3 Å². The zero-order valence-corrected chi connectivity index (χ0v) is 10.7. The Balaban J connectivity index is 1.93. The maximum Gasteiger partial charge on any atom is 0.243 e. The molecule has 1 fully saturated rings. The second-order valence-electron chi connectivity index (χ2n) is 4.84. The Morgan fingerprint density at radius 3 is 2.83 bits per heavy atom. The van der Waals surface area contributed by atoms with E-state index in [1.54, 1.807) is 4.90 Å². The van der Waals surface area contributed by atoms with Gasteiger partial charge in [-0.2, -0.15) is 0 Å². The molecule has 1 aromatic carbocycles. The van der Waals surface area contributed by atoms with Gasteiger partial charge in [0.2, 0.25) is 5.91 Å². The lowest BCUT2D eigenvalue weighted by Gasteiger charge is -2.23. The molecule has 1 aliphatic heterocycles. The maximum absolute atomic E-state index is 12.2. The van der Waals surface area contributed by atoms with Crippen LogP contribution in [0.25, 0.3) is 0 Å². The molecule has 1 heterocycles. The van der Waals surface area contributed by atoms with Gasteiger partial charge in [0, 0.05) is 26.1 Å². The molecule has 18 heavy (non-hydrogen) atoms. The van der Waals surface area contributed by atoms with Gasteiger partial charge in [-0.25, -0.2) is 0 Å². The van der Waals surface area contributed by atoms with Crippen molar-refractivity contribution in [3.63, 3.8) is 0 Å². The van der Waals surface area contributed by atoms with Crippen LogP contribution in [-0.2, 0) is 9.53 Å². The van der Waals surface area contributed by atoms with E-state index in [-0.39, 0.29) is 5.91 Å². The number of benzene rings is 1. The smallest absolute Gasteiger partial charge is 0.243 e. The average Bonchev–Trinajstić information content (AvgIpc) is 2.91. The van der Waals surface area contributed by atoms with E-state index in [0.717, 1.165) is 31.7 Å². The van der Waals surface area contributed by atoms with Gasteiger partial charge in [0.05, 0.1) is 6.61 Å². The molecular formula is C14H20N2O2. The first-order valence-corrected chi connectivity index (χ1v) is 6.31. The third-order valence-corrected chi connectivity index (χ3v) is 3.36. The number of nitrogens with two attached hydrogens (primary N) is 1. The Hall–Kier alpha value is -1.39. The normalized spacial score (nSPS) is 20.7. The highest BCUT2D eigenvalue weighted by molar-refractivity contribution is 5.82. The summed E-state index contributed by atoms with van der Waals surface area (Å²) < 4.78 is 5.31. The van der Waals surface area contributed by atoms with Crippen molar-refractivity contribution in [2.75, 3.05) is 26.8 Å². The number of rotatable bonds is 4. The summed E-state index contributed by atoms with van der Waals surface area (Å²) in [6, 6.07) is 8.91. The second kappa shape index (κ2) is 5.98. The summed E-state index contributed by atoms with van der Waals surface area (Å²) >= 11 is 0. The van der Waals surface area contributed by atoms with Crippen molar-refractivity contribution in [1.82, 2.24) is 4.90 Å². The molecule has 0 unspecified atom stereocenters. The summed E-state index contributed by atoms with van der Waals surface area (Å²) in [7, 11) is 1.81. The molecule has 0 aromatic heterocycles. The van der Waals surface area contributed by atoms with Crippen molar-refractivity contribution in [1.29, 1.82) is 0 Å². The summed E-state index contributed by atoms with van der Waals surface area (Å²) in [6.45, 7) is 2.27. The topological polar surface area (TPSA) is 55.6 Å². The van der Waals surface area contributed by atoms with Crippen LogP contribution in [0, 0.1) is 5.92 Å². The summed E-state index contributed by atoms with van der Waals surface area (Å²) in [4.78, 5) is 13.9. The molecule has 1 aliphatic rings. The van der Waals surface area contributed by atoms with Crippen LogP contribution in [0.3, 0.4) is 0 Å². The van der Waals surface area contributed by atoms with Gasteiger partial charge in [-0.15, -0.1) is 0 Å². The lowest BCUT2D eigenvalue weighted by molar-refractivity contribution is -0.132. The molecular weight excluding hydrogens is 228 g/mol. The van der Waals surface area contributed by atoms with Gasteiger partial charge in [-0.05, 0) is 12.0 Å². The summed E-state index contributed by atoms with van der Waals surface area (Å²) in [5, 5.41) is 0. The molecule has 1 saturated heterocycles. The van der Waals surface area contributed by atoms with Crippen LogP contribution in [0.2, 0.25) is 0 Å². The Bertz CT molecular complexity index is 388. The Morgan fingerprint density at radius 1 is 1.50 bits per heavy atom. The number of nitrogens with zero attached hydrogens (tertiary/aromatic N) is 1. The lowest BCUT2D eigenvalue weighted by atomic mass is 10.1. The zero-order chi connectivity index (χ0) is 13.0. The van der Waals surface area contributed by atoms with Crippen molar-refractivity contribution >= 4 is 5.91 Å². The Morgan fingerprint density at radius 2 is 2.22 bits per heavy atom. The van der Waals surface area contributed by atoms with Crippen LogP contribution in [-0.4, -0.2) is 37.6 Å². The van der Waals surface area contributed by atoms with E-state index >= 15 is 0 Å².